The zero-order valence-electron chi connectivity index (χ0n) is 12.4. The van der Waals surface area contributed by atoms with Crippen molar-refractivity contribution in [3.63, 3.8) is 0 Å². The monoisotopic (exact) mass is 369 g/mol. The fourth-order valence-corrected chi connectivity index (χ4v) is 2.36. The number of rotatable bonds is 5. The summed E-state index contributed by atoms with van der Waals surface area (Å²) in [5.74, 6) is 0.592. The van der Waals surface area contributed by atoms with Gasteiger partial charge in [-0.15, -0.1) is 24.8 Å². The minimum Gasteiger partial charge on any atom is -0.495 e. The Morgan fingerprint density at radius 1 is 1.36 bits per heavy atom. The summed E-state index contributed by atoms with van der Waals surface area (Å²) < 4.78 is 5.20. The lowest BCUT2D eigenvalue weighted by molar-refractivity contribution is -0.116. The molecule has 22 heavy (non-hydrogen) atoms. The van der Waals surface area contributed by atoms with Crippen LogP contribution < -0.4 is 15.4 Å². The van der Waals surface area contributed by atoms with E-state index in [0.29, 0.717) is 22.9 Å². The van der Waals surface area contributed by atoms with Crippen molar-refractivity contribution in [1.29, 1.82) is 0 Å². The largest absolute Gasteiger partial charge is 0.495 e. The number of methoxy groups -OCH3 is 1. The molecule has 5 nitrogen and oxygen atoms in total. The van der Waals surface area contributed by atoms with Gasteiger partial charge >= 0.3 is 0 Å². The van der Waals surface area contributed by atoms with Crippen molar-refractivity contribution in [2.75, 3.05) is 45.2 Å². The van der Waals surface area contributed by atoms with Crippen molar-refractivity contribution < 1.29 is 9.53 Å². The van der Waals surface area contributed by atoms with E-state index in [2.05, 4.69) is 15.5 Å². The van der Waals surface area contributed by atoms with Gasteiger partial charge in [-0.25, -0.2) is 0 Å². The Bertz CT molecular complexity index is 469. The lowest BCUT2D eigenvalue weighted by Gasteiger charge is -2.26. The van der Waals surface area contributed by atoms with E-state index in [9.17, 15) is 4.79 Å². The highest BCUT2D eigenvalue weighted by Gasteiger charge is 2.12. The minimum atomic E-state index is -0.0240. The predicted molar refractivity (Wildman–Crippen MR) is 95.1 cm³/mol. The molecule has 1 heterocycles. The number of hydrogen-bond donors (Lipinski definition) is 2. The van der Waals surface area contributed by atoms with Gasteiger partial charge in [-0.1, -0.05) is 11.6 Å². The number of nitrogens with zero attached hydrogens (tertiary/aromatic N) is 1. The van der Waals surface area contributed by atoms with Gasteiger partial charge in [0.15, 0.2) is 0 Å². The SMILES string of the molecule is COc1ccc(Cl)cc1NC(=O)CCN1CCNCC1.Cl.Cl. The summed E-state index contributed by atoms with van der Waals surface area (Å²) in [5.41, 5.74) is 0.616. The summed E-state index contributed by atoms with van der Waals surface area (Å²) in [6, 6.07) is 5.17. The van der Waals surface area contributed by atoms with E-state index in [1.807, 2.05) is 0 Å². The normalized spacial score (nSPS) is 14.5. The summed E-state index contributed by atoms with van der Waals surface area (Å²) in [7, 11) is 1.57. The van der Waals surface area contributed by atoms with Crippen molar-refractivity contribution >= 4 is 48.0 Å². The molecule has 0 bridgehead atoms. The number of carbonyl (C=O) groups excluding carboxylic acids is 1. The fourth-order valence-electron chi connectivity index (χ4n) is 2.19. The van der Waals surface area contributed by atoms with E-state index >= 15 is 0 Å². The van der Waals surface area contributed by atoms with E-state index in [0.717, 1.165) is 32.7 Å². The first-order chi connectivity index (χ1) is 9.69. The first-order valence-electron chi connectivity index (χ1n) is 6.75. The van der Waals surface area contributed by atoms with E-state index in [4.69, 9.17) is 16.3 Å². The molecule has 8 heteroatoms. The van der Waals surface area contributed by atoms with Crippen LogP contribution in [0.2, 0.25) is 5.02 Å². The maximum absolute atomic E-state index is 12.0. The second kappa shape index (κ2) is 10.9. The Kier molecular flexibility index (Phi) is 10.6. The van der Waals surface area contributed by atoms with E-state index in [-0.39, 0.29) is 30.7 Å². The fraction of sp³-hybridized carbons (Fsp3) is 0.500. The topological polar surface area (TPSA) is 53.6 Å². The third-order valence-corrected chi connectivity index (χ3v) is 3.54. The lowest BCUT2D eigenvalue weighted by atomic mass is 10.2. The molecule has 1 aliphatic heterocycles. The van der Waals surface area contributed by atoms with E-state index in [1.54, 1.807) is 25.3 Å². The summed E-state index contributed by atoms with van der Waals surface area (Å²) in [6.45, 7) is 4.74. The number of ether oxygens (including phenoxy) is 1. The average Bonchev–Trinajstić information content (AvgIpc) is 2.46. The van der Waals surface area contributed by atoms with Crippen molar-refractivity contribution in [3.05, 3.63) is 23.2 Å². The zero-order chi connectivity index (χ0) is 14.4. The van der Waals surface area contributed by atoms with Gasteiger partial charge in [-0.3, -0.25) is 4.79 Å². The number of amides is 1. The van der Waals surface area contributed by atoms with Crippen LogP contribution in [0.1, 0.15) is 6.42 Å². The Labute approximate surface area is 148 Å². The average molecular weight is 371 g/mol. The van der Waals surface area contributed by atoms with Crippen LogP contribution in [-0.4, -0.2) is 50.6 Å². The van der Waals surface area contributed by atoms with Crippen molar-refractivity contribution in [3.8, 4) is 5.75 Å². The van der Waals surface area contributed by atoms with Crippen molar-refractivity contribution in [2.24, 2.45) is 0 Å². The lowest BCUT2D eigenvalue weighted by Crippen LogP contribution is -2.44. The number of benzene rings is 1. The van der Waals surface area contributed by atoms with Crippen LogP contribution in [0.4, 0.5) is 5.69 Å². The summed E-state index contributed by atoms with van der Waals surface area (Å²) in [6.07, 6.45) is 0.468. The Balaban J connectivity index is 0.00000220. The number of hydrogen-bond acceptors (Lipinski definition) is 4. The maximum Gasteiger partial charge on any atom is 0.225 e. The molecule has 0 atom stereocenters. The first-order valence-corrected chi connectivity index (χ1v) is 7.13. The highest BCUT2D eigenvalue weighted by molar-refractivity contribution is 6.31. The molecule has 0 aliphatic carbocycles. The van der Waals surface area contributed by atoms with Gasteiger partial charge in [-0.2, -0.15) is 0 Å². The van der Waals surface area contributed by atoms with Gasteiger partial charge in [0, 0.05) is 44.2 Å². The van der Waals surface area contributed by atoms with Crippen LogP contribution in [-0.2, 0) is 4.79 Å². The number of halogens is 3. The molecule has 0 aromatic heterocycles. The summed E-state index contributed by atoms with van der Waals surface area (Å²) in [5, 5.41) is 6.71. The van der Waals surface area contributed by atoms with Crippen LogP contribution in [0.3, 0.4) is 0 Å². The van der Waals surface area contributed by atoms with Gasteiger partial charge in [0.2, 0.25) is 5.91 Å². The maximum atomic E-state index is 12.0. The molecule has 1 aliphatic rings. The van der Waals surface area contributed by atoms with E-state index < -0.39 is 0 Å². The number of carbonyl (C=O) groups is 1. The molecule has 2 N–H and O–H groups in total. The smallest absolute Gasteiger partial charge is 0.225 e. The molecule has 126 valence electrons. The molecule has 1 aromatic carbocycles. The zero-order valence-corrected chi connectivity index (χ0v) is 14.8. The molecule has 1 aromatic rings. The van der Waals surface area contributed by atoms with Gasteiger partial charge in [0.1, 0.15) is 5.75 Å². The van der Waals surface area contributed by atoms with Crippen LogP contribution in [0.25, 0.3) is 0 Å². The number of nitrogens with one attached hydrogen (secondary N) is 2. The molecular formula is C14H22Cl3N3O2. The van der Waals surface area contributed by atoms with Gasteiger partial charge in [-0.05, 0) is 18.2 Å². The Morgan fingerprint density at radius 3 is 2.68 bits per heavy atom. The molecule has 0 unspecified atom stereocenters. The number of piperazine rings is 1. The second-order valence-electron chi connectivity index (χ2n) is 4.73. The van der Waals surface area contributed by atoms with Crippen LogP contribution in [0.15, 0.2) is 18.2 Å². The molecule has 2 rings (SSSR count). The highest BCUT2D eigenvalue weighted by Crippen LogP contribution is 2.27. The molecule has 1 fully saturated rings. The van der Waals surface area contributed by atoms with Crippen molar-refractivity contribution in [1.82, 2.24) is 10.2 Å². The van der Waals surface area contributed by atoms with Crippen LogP contribution in [0.5, 0.6) is 5.75 Å². The molecule has 1 saturated heterocycles. The molecule has 0 spiro atoms. The first kappa shape index (κ1) is 21.3. The molecule has 0 saturated carbocycles. The van der Waals surface area contributed by atoms with Crippen LogP contribution in [0, 0.1) is 0 Å². The highest BCUT2D eigenvalue weighted by atomic mass is 35.5. The van der Waals surface area contributed by atoms with Crippen molar-refractivity contribution in [2.45, 2.75) is 6.42 Å². The van der Waals surface area contributed by atoms with Gasteiger partial charge < -0.3 is 20.3 Å². The second-order valence-corrected chi connectivity index (χ2v) is 5.17. The molecule has 1 amide bonds. The Morgan fingerprint density at radius 2 is 2.05 bits per heavy atom. The third-order valence-electron chi connectivity index (χ3n) is 3.30. The van der Waals surface area contributed by atoms with E-state index in [1.165, 1.54) is 0 Å². The van der Waals surface area contributed by atoms with Gasteiger partial charge in [0.05, 0.1) is 12.8 Å². The molecule has 0 radical (unpaired) electrons. The number of anilines is 1. The minimum absolute atomic E-state index is 0. The Hall–Kier alpha value is -0.720. The third kappa shape index (κ3) is 6.58. The predicted octanol–water partition coefficient (Wildman–Crippen LogP) is 2.43. The van der Waals surface area contributed by atoms with Gasteiger partial charge in [0.25, 0.3) is 0 Å². The quantitative estimate of drug-likeness (QED) is 0.836. The molecular weight excluding hydrogens is 349 g/mol. The van der Waals surface area contributed by atoms with Crippen LogP contribution >= 0.6 is 36.4 Å². The standard InChI is InChI=1S/C14H20ClN3O2.2ClH/c1-20-13-3-2-11(15)10-12(13)17-14(19)4-7-18-8-5-16-6-9-18;;/h2-3,10,16H,4-9H2,1H3,(H,17,19);2*1H. The summed E-state index contributed by atoms with van der Waals surface area (Å²) in [4.78, 5) is 14.3. The summed E-state index contributed by atoms with van der Waals surface area (Å²) >= 11 is 5.93.